The molecule has 0 aliphatic carbocycles. The second-order valence-electron chi connectivity index (χ2n) is 5.25. The summed E-state index contributed by atoms with van der Waals surface area (Å²) in [7, 11) is 0. The van der Waals surface area contributed by atoms with Crippen LogP contribution in [0.3, 0.4) is 0 Å². The lowest BCUT2D eigenvalue weighted by Crippen LogP contribution is -2.28. The zero-order valence-electron chi connectivity index (χ0n) is 12.7. The van der Waals surface area contributed by atoms with Crippen LogP contribution in [0, 0.1) is 0 Å². The fraction of sp³-hybridized carbons (Fsp3) is 0.235. The first-order valence-corrected chi connectivity index (χ1v) is 7.31. The quantitative estimate of drug-likeness (QED) is 0.765. The zero-order chi connectivity index (χ0) is 17.6. The molecule has 0 spiro atoms. The molecule has 0 aliphatic rings. The molecule has 0 fully saturated rings. The predicted molar refractivity (Wildman–Crippen MR) is 84.8 cm³/mol. The Morgan fingerprint density at radius 3 is 2.54 bits per heavy atom. The molecule has 2 aromatic rings. The number of aromatic hydroxyl groups is 1. The number of carbonyl (C=O) groups excluding carboxylic acids is 1. The van der Waals surface area contributed by atoms with Crippen molar-refractivity contribution in [2.24, 2.45) is 0 Å². The predicted octanol–water partition coefficient (Wildman–Crippen LogP) is 4.21. The molecule has 0 heterocycles. The van der Waals surface area contributed by atoms with E-state index in [0.717, 1.165) is 0 Å². The van der Waals surface area contributed by atoms with Crippen LogP contribution >= 0.6 is 0 Å². The number of para-hydroxylation sites is 1. The minimum absolute atomic E-state index is 0.0900. The largest absolute Gasteiger partial charge is 0.508 e. The van der Waals surface area contributed by atoms with E-state index in [1.54, 1.807) is 36.4 Å². The van der Waals surface area contributed by atoms with Gasteiger partial charge in [0.25, 0.3) is 0 Å². The molecule has 2 aromatic carbocycles. The third-order valence-corrected chi connectivity index (χ3v) is 3.31. The number of benzene rings is 2. The molecule has 128 valence electrons. The van der Waals surface area contributed by atoms with E-state index in [1.807, 2.05) is 0 Å². The van der Waals surface area contributed by atoms with Crippen LogP contribution in [-0.4, -0.2) is 17.3 Å². The van der Waals surface area contributed by atoms with E-state index in [4.69, 9.17) is 0 Å². The van der Waals surface area contributed by atoms with Gasteiger partial charge in [-0.05, 0) is 35.7 Å². The highest BCUT2D eigenvalue weighted by Gasteiger charge is 2.26. The SMILES string of the molecule is O=C(NCc1cccc(O)c1)Nc1ccccc1CCC(F)(F)F. The standard InChI is InChI=1S/C17H17F3N2O2/c18-17(19,20)9-8-13-5-1-2-7-15(13)22-16(24)21-11-12-4-3-6-14(23)10-12/h1-7,10,23H,8-9,11H2,(H2,21,22,24). The lowest BCUT2D eigenvalue weighted by Gasteiger charge is -2.13. The average molecular weight is 338 g/mol. The van der Waals surface area contributed by atoms with E-state index >= 15 is 0 Å². The number of hydrogen-bond donors (Lipinski definition) is 3. The Hall–Kier alpha value is -2.70. The lowest BCUT2D eigenvalue weighted by atomic mass is 10.1. The first-order valence-electron chi connectivity index (χ1n) is 7.31. The average Bonchev–Trinajstić information content (AvgIpc) is 2.51. The number of rotatable bonds is 5. The first kappa shape index (κ1) is 17.7. The second kappa shape index (κ2) is 7.72. The maximum absolute atomic E-state index is 12.4. The number of nitrogens with one attached hydrogen (secondary N) is 2. The van der Waals surface area contributed by atoms with Crippen LogP contribution in [-0.2, 0) is 13.0 Å². The summed E-state index contributed by atoms with van der Waals surface area (Å²) in [4.78, 5) is 11.9. The lowest BCUT2D eigenvalue weighted by molar-refractivity contribution is -0.133. The summed E-state index contributed by atoms with van der Waals surface area (Å²) in [5.74, 6) is 0.0900. The molecule has 2 rings (SSSR count). The molecule has 24 heavy (non-hydrogen) atoms. The van der Waals surface area contributed by atoms with Gasteiger partial charge in [-0.15, -0.1) is 0 Å². The maximum atomic E-state index is 12.4. The Morgan fingerprint density at radius 2 is 1.83 bits per heavy atom. The molecular weight excluding hydrogens is 321 g/mol. The number of phenols is 1. The number of urea groups is 1. The van der Waals surface area contributed by atoms with E-state index in [2.05, 4.69) is 10.6 Å². The number of halogens is 3. The molecule has 0 atom stereocenters. The molecule has 0 aliphatic heterocycles. The highest BCUT2D eigenvalue weighted by molar-refractivity contribution is 5.90. The van der Waals surface area contributed by atoms with Crippen molar-refractivity contribution in [1.82, 2.24) is 5.32 Å². The number of carbonyl (C=O) groups is 1. The highest BCUT2D eigenvalue weighted by Crippen LogP contribution is 2.25. The van der Waals surface area contributed by atoms with Gasteiger partial charge in [0.2, 0.25) is 0 Å². The van der Waals surface area contributed by atoms with Gasteiger partial charge in [-0.25, -0.2) is 4.79 Å². The molecule has 7 heteroatoms. The molecule has 0 unspecified atom stereocenters. The van der Waals surface area contributed by atoms with Crippen molar-refractivity contribution in [3.8, 4) is 5.75 Å². The summed E-state index contributed by atoms with van der Waals surface area (Å²) < 4.78 is 37.1. The minimum Gasteiger partial charge on any atom is -0.508 e. The molecule has 0 saturated carbocycles. The van der Waals surface area contributed by atoms with Gasteiger partial charge in [-0.2, -0.15) is 13.2 Å². The second-order valence-corrected chi connectivity index (χ2v) is 5.25. The van der Waals surface area contributed by atoms with Crippen molar-refractivity contribution in [2.45, 2.75) is 25.6 Å². The van der Waals surface area contributed by atoms with E-state index in [9.17, 15) is 23.1 Å². The van der Waals surface area contributed by atoms with Crippen LogP contribution in [0.5, 0.6) is 5.75 Å². The summed E-state index contributed by atoms with van der Waals surface area (Å²) in [6.07, 6.45) is -5.40. The number of aryl methyl sites for hydroxylation is 1. The number of anilines is 1. The number of alkyl halides is 3. The Balaban J connectivity index is 1.94. The zero-order valence-corrected chi connectivity index (χ0v) is 12.7. The van der Waals surface area contributed by atoms with E-state index < -0.39 is 18.6 Å². The van der Waals surface area contributed by atoms with Crippen LogP contribution in [0.1, 0.15) is 17.5 Å². The fourth-order valence-electron chi connectivity index (χ4n) is 2.15. The normalized spacial score (nSPS) is 11.1. The Morgan fingerprint density at radius 1 is 1.08 bits per heavy atom. The van der Waals surface area contributed by atoms with E-state index in [-0.39, 0.29) is 18.7 Å². The van der Waals surface area contributed by atoms with Crippen molar-refractivity contribution in [1.29, 1.82) is 0 Å². The molecule has 3 N–H and O–H groups in total. The molecular formula is C17H17F3N2O2. The summed E-state index contributed by atoms with van der Waals surface area (Å²) in [5, 5.41) is 14.5. The third kappa shape index (κ3) is 5.83. The van der Waals surface area contributed by atoms with Crippen molar-refractivity contribution < 1.29 is 23.1 Å². The summed E-state index contributed by atoms with van der Waals surface area (Å²) in [6.45, 7) is 0.185. The number of amides is 2. The smallest absolute Gasteiger partial charge is 0.389 e. The third-order valence-electron chi connectivity index (χ3n) is 3.31. The van der Waals surface area contributed by atoms with Crippen molar-refractivity contribution in [3.63, 3.8) is 0 Å². The van der Waals surface area contributed by atoms with Gasteiger partial charge in [-0.3, -0.25) is 0 Å². The molecule has 2 amide bonds. The van der Waals surface area contributed by atoms with Crippen LogP contribution in [0.2, 0.25) is 0 Å². The summed E-state index contributed by atoms with van der Waals surface area (Å²) in [6, 6.07) is 12.3. The monoisotopic (exact) mass is 338 g/mol. The van der Waals surface area contributed by atoms with Crippen molar-refractivity contribution in [2.75, 3.05) is 5.32 Å². The van der Waals surface area contributed by atoms with Gasteiger partial charge in [0.15, 0.2) is 0 Å². The summed E-state index contributed by atoms with van der Waals surface area (Å²) in [5.41, 5.74) is 1.47. The van der Waals surface area contributed by atoms with Crippen molar-refractivity contribution in [3.05, 3.63) is 59.7 Å². The van der Waals surface area contributed by atoms with Crippen LogP contribution in [0.15, 0.2) is 48.5 Å². The molecule has 0 saturated heterocycles. The van der Waals surface area contributed by atoms with Gasteiger partial charge < -0.3 is 15.7 Å². The molecule has 0 bridgehead atoms. The molecule has 4 nitrogen and oxygen atoms in total. The van der Waals surface area contributed by atoms with Crippen molar-refractivity contribution >= 4 is 11.7 Å². The van der Waals surface area contributed by atoms with Gasteiger partial charge in [0.1, 0.15) is 5.75 Å². The first-order chi connectivity index (χ1) is 11.3. The summed E-state index contributed by atoms with van der Waals surface area (Å²) >= 11 is 0. The van der Waals surface area contributed by atoms with Gasteiger partial charge in [0.05, 0.1) is 0 Å². The van der Waals surface area contributed by atoms with Gasteiger partial charge >= 0.3 is 12.2 Å². The molecule has 0 radical (unpaired) electrons. The molecule has 0 aromatic heterocycles. The maximum Gasteiger partial charge on any atom is 0.389 e. The van der Waals surface area contributed by atoms with Gasteiger partial charge in [0, 0.05) is 18.7 Å². The minimum atomic E-state index is -4.25. The highest BCUT2D eigenvalue weighted by atomic mass is 19.4. The van der Waals surface area contributed by atoms with Crippen LogP contribution < -0.4 is 10.6 Å². The van der Waals surface area contributed by atoms with Crippen LogP contribution in [0.25, 0.3) is 0 Å². The van der Waals surface area contributed by atoms with Gasteiger partial charge in [-0.1, -0.05) is 30.3 Å². The topological polar surface area (TPSA) is 61.4 Å². The van der Waals surface area contributed by atoms with Crippen LogP contribution in [0.4, 0.5) is 23.7 Å². The fourth-order valence-corrected chi connectivity index (χ4v) is 2.15. The number of phenolic OH excluding ortho intramolecular Hbond substituents is 1. The number of hydrogen-bond acceptors (Lipinski definition) is 2. The van der Waals surface area contributed by atoms with E-state index in [0.29, 0.717) is 16.8 Å². The Kier molecular flexibility index (Phi) is 5.68. The Labute approximate surface area is 137 Å². The van der Waals surface area contributed by atoms with E-state index in [1.165, 1.54) is 12.1 Å². The Bertz CT molecular complexity index is 702.